The molecule has 1 aromatic heterocycles. The highest BCUT2D eigenvalue weighted by atomic mass is 16.5. The molecule has 1 heterocycles. The molecule has 2 rings (SSSR count). The van der Waals surface area contributed by atoms with E-state index in [-0.39, 0.29) is 6.04 Å². The number of benzene rings is 1. The average Bonchev–Trinajstić information content (AvgIpc) is 3.01. The Morgan fingerprint density at radius 3 is 2.62 bits per heavy atom. The molecule has 1 atom stereocenters. The molecule has 0 saturated carbocycles. The zero-order valence-corrected chi connectivity index (χ0v) is 12.8. The standard InChI is InChI=1S/C15H21N3O3/c1-5-11(16-6-2)15-18-17-14(21-15)10-8-7-9-12(19-3)13(10)20-4/h7-9,11,16H,5-6H2,1-4H3. The molecule has 21 heavy (non-hydrogen) atoms. The minimum absolute atomic E-state index is 0.0628. The van der Waals surface area contributed by atoms with E-state index in [1.807, 2.05) is 25.1 Å². The molecule has 1 unspecified atom stereocenters. The van der Waals surface area contributed by atoms with Crippen molar-refractivity contribution in [1.29, 1.82) is 0 Å². The molecule has 6 nitrogen and oxygen atoms in total. The Bertz CT molecular complexity index is 583. The van der Waals surface area contributed by atoms with Crippen molar-refractivity contribution in [2.24, 2.45) is 0 Å². The summed E-state index contributed by atoms with van der Waals surface area (Å²) in [4.78, 5) is 0. The molecule has 0 bridgehead atoms. The van der Waals surface area contributed by atoms with Crippen LogP contribution in [-0.4, -0.2) is 31.0 Å². The van der Waals surface area contributed by atoms with Crippen molar-refractivity contribution in [2.45, 2.75) is 26.3 Å². The Morgan fingerprint density at radius 1 is 1.19 bits per heavy atom. The summed E-state index contributed by atoms with van der Waals surface area (Å²) in [5.74, 6) is 2.23. The van der Waals surface area contributed by atoms with Crippen LogP contribution in [0.15, 0.2) is 22.6 Å². The number of rotatable bonds is 7. The van der Waals surface area contributed by atoms with Crippen LogP contribution in [0.1, 0.15) is 32.2 Å². The van der Waals surface area contributed by atoms with Gasteiger partial charge < -0.3 is 19.2 Å². The SMILES string of the molecule is CCNC(CC)c1nnc(-c2cccc(OC)c2OC)o1. The maximum Gasteiger partial charge on any atom is 0.251 e. The van der Waals surface area contributed by atoms with Crippen LogP contribution < -0.4 is 14.8 Å². The molecule has 2 aromatic rings. The van der Waals surface area contributed by atoms with Gasteiger partial charge in [-0.1, -0.05) is 19.9 Å². The summed E-state index contributed by atoms with van der Waals surface area (Å²) in [6.45, 7) is 4.97. The number of aromatic nitrogens is 2. The van der Waals surface area contributed by atoms with Crippen LogP contribution in [-0.2, 0) is 0 Å². The molecule has 0 aliphatic carbocycles. The van der Waals surface area contributed by atoms with Gasteiger partial charge in [-0.15, -0.1) is 10.2 Å². The van der Waals surface area contributed by atoms with Crippen molar-refractivity contribution in [2.75, 3.05) is 20.8 Å². The maximum atomic E-state index is 5.80. The molecule has 0 amide bonds. The van der Waals surface area contributed by atoms with Crippen LogP contribution in [0, 0.1) is 0 Å². The summed E-state index contributed by atoms with van der Waals surface area (Å²) < 4.78 is 16.5. The van der Waals surface area contributed by atoms with Gasteiger partial charge in [0.05, 0.1) is 25.8 Å². The van der Waals surface area contributed by atoms with E-state index in [0.717, 1.165) is 18.5 Å². The fourth-order valence-electron chi connectivity index (χ4n) is 2.19. The van der Waals surface area contributed by atoms with E-state index in [2.05, 4.69) is 22.4 Å². The van der Waals surface area contributed by atoms with Crippen molar-refractivity contribution in [3.8, 4) is 23.0 Å². The van der Waals surface area contributed by atoms with Crippen molar-refractivity contribution in [3.63, 3.8) is 0 Å². The first-order valence-corrected chi connectivity index (χ1v) is 7.03. The maximum absolute atomic E-state index is 5.80. The first-order chi connectivity index (χ1) is 10.2. The van der Waals surface area contributed by atoms with Crippen LogP contribution in [0.5, 0.6) is 11.5 Å². The quantitative estimate of drug-likeness (QED) is 0.846. The molecule has 0 fully saturated rings. The van der Waals surface area contributed by atoms with E-state index in [9.17, 15) is 0 Å². The molecule has 1 N–H and O–H groups in total. The number of hydrogen-bond acceptors (Lipinski definition) is 6. The van der Waals surface area contributed by atoms with Gasteiger partial charge >= 0.3 is 0 Å². The summed E-state index contributed by atoms with van der Waals surface area (Å²) in [6.07, 6.45) is 0.880. The Labute approximate surface area is 124 Å². The third kappa shape index (κ3) is 3.16. The van der Waals surface area contributed by atoms with Gasteiger partial charge in [-0.2, -0.15) is 0 Å². The third-order valence-corrected chi connectivity index (χ3v) is 3.23. The van der Waals surface area contributed by atoms with E-state index >= 15 is 0 Å². The fraction of sp³-hybridized carbons (Fsp3) is 0.467. The Hall–Kier alpha value is -2.08. The smallest absolute Gasteiger partial charge is 0.251 e. The Kier molecular flexibility index (Phi) is 5.16. The van der Waals surface area contributed by atoms with Crippen molar-refractivity contribution < 1.29 is 13.9 Å². The van der Waals surface area contributed by atoms with Crippen molar-refractivity contribution >= 4 is 0 Å². The summed E-state index contributed by atoms with van der Waals surface area (Å²) in [5.41, 5.74) is 0.724. The first kappa shape index (κ1) is 15.3. The molecule has 114 valence electrons. The number of para-hydroxylation sites is 1. The average molecular weight is 291 g/mol. The lowest BCUT2D eigenvalue weighted by Crippen LogP contribution is -2.20. The van der Waals surface area contributed by atoms with Gasteiger partial charge in [0.25, 0.3) is 5.89 Å². The third-order valence-electron chi connectivity index (χ3n) is 3.23. The van der Waals surface area contributed by atoms with Gasteiger partial charge in [0, 0.05) is 0 Å². The lowest BCUT2D eigenvalue weighted by molar-refractivity contribution is 0.354. The molecular formula is C15H21N3O3. The molecule has 0 spiro atoms. The molecule has 0 aliphatic rings. The van der Waals surface area contributed by atoms with Gasteiger partial charge in [0.2, 0.25) is 5.89 Å². The lowest BCUT2D eigenvalue weighted by atomic mass is 10.2. The molecule has 0 radical (unpaired) electrons. The summed E-state index contributed by atoms with van der Waals surface area (Å²) in [7, 11) is 3.19. The van der Waals surface area contributed by atoms with E-state index in [1.54, 1.807) is 14.2 Å². The van der Waals surface area contributed by atoms with E-state index in [0.29, 0.717) is 23.3 Å². The van der Waals surface area contributed by atoms with E-state index in [1.165, 1.54) is 0 Å². The monoisotopic (exact) mass is 291 g/mol. The van der Waals surface area contributed by atoms with Crippen molar-refractivity contribution in [1.82, 2.24) is 15.5 Å². The number of ether oxygens (including phenoxy) is 2. The number of methoxy groups -OCH3 is 2. The van der Waals surface area contributed by atoms with Crippen LogP contribution >= 0.6 is 0 Å². The number of nitrogens with zero attached hydrogens (tertiary/aromatic N) is 2. The van der Waals surface area contributed by atoms with Gasteiger partial charge in [-0.25, -0.2) is 0 Å². The minimum atomic E-state index is 0.0628. The summed E-state index contributed by atoms with van der Waals surface area (Å²) in [5, 5.41) is 11.6. The van der Waals surface area contributed by atoms with Gasteiger partial charge in [0.1, 0.15) is 0 Å². The number of hydrogen-bond donors (Lipinski definition) is 1. The molecule has 1 aromatic carbocycles. The normalized spacial score (nSPS) is 12.2. The van der Waals surface area contributed by atoms with E-state index < -0.39 is 0 Å². The van der Waals surface area contributed by atoms with Gasteiger partial charge in [0.15, 0.2) is 11.5 Å². The largest absolute Gasteiger partial charge is 0.493 e. The van der Waals surface area contributed by atoms with Gasteiger partial charge in [-0.05, 0) is 25.1 Å². The van der Waals surface area contributed by atoms with Crippen LogP contribution in [0.4, 0.5) is 0 Å². The highest BCUT2D eigenvalue weighted by molar-refractivity contribution is 5.67. The van der Waals surface area contributed by atoms with Gasteiger partial charge in [-0.3, -0.25) is 0 Å². The highest BCUT2D eigenvalue weighted by Gasteiger charge is 2.20. The number of nitrogens with one attached hydrogen (secondary N) is 1. The zero-order chi connectivity index (χ0) is 15.2. The summed E-state index contributed by atoms with van der Waals surface area (Å²) >= 11 is 0. The molecule has 0 aliphatic heterocycles. The highest BCUT2D eigenvalue weighted by Crippen LogP contribution is 2.37. The van der Waals surface area contributed by atoms with E-state index in [4.69, 9.17) is 13.9 Å². The predicted molar refractivity (Wildman–Crippen MR) is 79.5 cm³/mol. The molecular weight excluding hydrogens is 270 g/mol. The second kappa shape index (κ2) is 7.08. The Balaban J connectivity index is 2.37. The molecule has 0 saturated heterocycles. The summed E-state index contributed by atoms with van der Waals surface area (Å²) in [6, 6.07) is 5.62. The van der Waals surface area contributed by atoms with Crippen LogP contribution in [0.3, 0.4) is 0 Å². The first-order valence-electron chi connectivity index (χ1n) is 7.03. The second-order valence-electron chi connectivity index (χ2n) is 4.51. The van der Waals surface area contributed by atoms with Crippen LogP contribution in [0.25, 0.3) is 11.5 Å². The second-order valence-corrected chi connectivity index (χ2v) is 4.51. The Morgan fingerprint density at radius 2 is 2.00 bits per heavy atom. The molecule has 6 heteroatoms. The predicted octanol–water partition coefficient (Wildman–Crippen LogP) is 2.81. The van der Waals surface area contributed by atoms with Crippen LogP contribution in [0.2, 0.25) is 0 Å². The zero-order valence-electron chi connectivity index (χ0n) is 12.8. The minimum Gasteiger partial charge on any atom is -0.493 e. The lowest BCUT2D eigenvalue weighted by Gasteiger charge is -2.11. The van der Waals surface area contributed by atoms with Crippen molar-refractivity contribution in [3.05, 3.63) is 24.1 Å². The topological polar surface area (TPSA) is 69.4 Å². The fourth-order valence-corrected chi connectivity index (χ4v) is 2.19.